The van der Waals surface area contributed by atoms with E-state index < -0.39 is 32.4 Å². The number of hydrogen-bond acceptors (Lipinski definition) is 5. The molecule has 1 aliphatic rings. The molecule has 1 aliphatic carbocycles. The van der Waals surface area contributed by atoms with Crippen molar-refractivity contribution in [2.45, 2.75) is 18.1 Å². The number of sulfone groups is 1. The summed E-state index contributed by atoms with van der Waals surface area (Å²) in [5.41, 5.74) is 5.41. The summed E-state index contributed by atoms with van der Waals surface area (Å²) in [6.45, 7) is 1.86. The van der Waals surface area contributed by atoms with Crippen molar-refractivity contribution in [3.05, 3.63) is 35.9 Å². The highest BCUT2D eigenvalue weighted by molar-refractivity contribution is 7.91. The predicted molar refractivity (Wildman–Crippen MR) is 75.9 cm³/mol. The van der Waals surface area contributed by atoms with Crippen molar-refractivity contribution >= 4 is 15.8 Å². The van der Waals surface area contributed by atoms with Gasteiger partial charge in [-0.05, 0) is 12.5 Å². The molecule has 0 saturated heterocycles. The first-order valence-electron chi connectivity index (χ1n) is 6.50. The Balaban J connectivity index is 2.47. The second-order valence-electron chi connectivity index (χ2n) is 5.10. The van der Waals surface area contributed by atoms with Gasteiger partial charge < -0.3 is 10.5 Å². The molecule has 20 heavy (non-hydrogen) atoms. The molecule has 1 aromatic rings. The molecule has 0 heterocycles. The highest BCUT2D eigenvalue weighted by atomic mass is 32.2. The molecule has 0 spiro atoms. The maximum atomic E-state index is 12.2. The Bertz CT molecular complexity index is 599. The molecular weight excluding hydrogens is 278 g/mol. The lowest BCUT2D eigenvalue weighted by Gasteiger charge is -2.14. The summed E-state index contributed by atoms with van der Waals surface area (Å²) in [5, 5.41) is -0.804. The van der Waals surface area contributed by atoms with Crippen LogP contribution in [0, 0.1) is 5.41 Å². The summed E-state index contributed by atoms with van der Waals surface area (Å²) >= 11 is 0. The number of carbonyl (C=O) groups is 1. The molecular formula is C14H19NO4S. The average Bonchev–Trinajstić information content (AvgIpc) is 3.11. The van der Waals surface area contributed by atoms with Gasteiger partial charge in [-0.25, -0.2) is 8.42 Å². The number of nitrogens with two attached hydrogens (primary N) is 1. The van der Waals surface area contributed by atoms with E-state index in [1.54, 1.807) is 6.92 Å². The van der Waals surface area contributed by atoms with Gasteiger partial charge >= 0.3 is 5.97 Å². The first-order valence-corrected chi connectivity index (χ1v) is 8.46. The Morgan fingerprint density at radius 3 is 2.40 bits per heavy atom. The molecule has 2 rings (SSSR count). The highest BCUT2D eigenvalue weighted by Crippen LogP contribution is 2.62. The molecule has 3 atom stereocenters. The van der Waals surface area contributed by atoms with Gasteiger partial charge in [-0.2, -0.15) is 0 Å². The summed E-state index contributed by atoms with van der Waals surface area (Å²) in [6.07, 6.45) is 1.14. The van der Waals surface area contributed by atoms with E-state index >= 15 is 0 Å². The smallest absolute Gasteiger partial charge is 0.315 e. The van der Waals surface area contributed by atoms with Gasteiger partial charge in [0.15, 0.2) is 9.84 Å². The molecule has 0 unspecified atom stereocenters. The topological polar surface area (TPSA) is 86.5 Å². The molecule has 1 aromatic carbocycles. The van der Waals surface area contributed by atoms with Crippen LogP contribution in [0.2, 0.25) is 0 Å². The number of rotatable bonds is 5. The Labute approximate surface area is 119 Å². The second kappa shape index (κ2) is 5.18. The third kappa shape index (κ3) is 2.23. The van der Waals surface area contributed by atoms with E-state index in [1.165, 1.54) is 0 Å². The highest BCUT2D eigenvalue weighted by Gasteiger charge is 2.74. The fourth-order valence-corrected chi connectivity index (χ4v) is 4.92. The van der Waals surface area contributed by atoms with Crippen LogP contribution in [-0.4, -0.2) is 39.0 Å². The summed E-state index contributed by atoms with van der Waals surface area (Å²) in [6, 6.07) is 9.12. The number of ether oxygens (including phenoxy) is 1. The fraction of sp³-hybridized carbons (Fsp3) is 0.500. The predicted octanol–water partition coefficient (Wildman–Crippen LogP) is 0.705. The quantitative estimate of drug-likeness (QED) is 0.809. The lowest BCUT2D eigenvalue weighted by atomic mass is 9.99. The first kappa shape index (κ1) is 15.0. The molecule has 1 fully saturated rings. The van der Waals surface area contributed by atoms with Gasteiger partial charge in [-0.3, -0.25) is 4.79 Å². The number of carbonyl (C=O) groups excluding carboxylic acids is 1. The molecule has 0 bridgehead atoms. The van der Waals surface area contributed by atoms with Crippen molar-refractivity contribution in [2.75, 3.05) is 19.4 Å². The van der Waals surface area contributed by atoms with Crippen molar-refractivity contribution < 1.29 is 17.9 Å². The van der Waals surface area contributed by atoms with Gasteiger partial charge in [0.05, 0.1) is 11.9 Å². The van der Waals surface area contributed by atoms with Crippen molar-refractivity contribution in [3.63, 3.8) is 0 Å². The number of hydrogen-bond donors (Lipinski definition) is 1. The van der Waals surface area contributed by atoms with Crippen LogP contribution in [0.3, 0.4) is 0 Å². The molecule has 0 aromatic heterocycles. The lowest BCUT2D eigenvalue weighted by molar-refractivity contribution is -0.149. The van der Waals surface area contributed by atoms with Crippen LogP contribution in [0.4, 0.5) is 0 Å². The first-order chi connectivity index (χ1) is 9.39. The minimum absolute atomic E-state index is 0.0386. The molecule has 0 amide bonds. The minimum Gasteiger partial charge on any atom is -0.465 e. The van der Waals surface area contributed by atoms with Gasteiger partial charge in [0.25, 0.3) is 0 Å². The van der Waals surface area contributed by atoms with Crippen molar-refractivity contribution in [1.82, 2.24) is 0 Å². The maximum absolute atomic E-state index is 12.2. The van der Waals surface area contributed by atoms with Crippen LogP contribution in [-0.2, 0) is 19.4 Å². The molecule has 1 saturated carbocycles. The second-order valence-corrected chi connectivity index (χ2v) is 7.27. The van der Waals surface area contributed by atoms with E-state index in [1.807, 2.05) is 30.3 Å². The Kier molecular flexibility index (Phi) is 3.88. The molecule has 2 N–H and O–H groups in total. The van der Waals surface area contributed by atoms with Crippen LogP contribution in [0.15, 0.2) is 30.3 Å². The van der Waals surface area contributed by atoms with Crippen LogP contribution in [0.5, 0.6) is 0 Å². The van der Waals surface area contributed by atoms with Gasteiger partial charge in [-0.15, -0.1) is 0 Å². The Morgan fingerprint density at radius 1 is 1.35 bits per heavy atom. The van der Waals surface area contributed by atoms with Crippen LogP contribution in [0.25, 0.3) is 0 Å². The molecule has 0 aliphatic heterocycles. The molecule has 5 nitrogen and oxygen atoms in total. The van der Waals surface area contributed by atoms with E-state index in [0.29, 0.717) is 0 Å². The average molecular weight is 297 g/mol. The monoisotopic (exact) mass is 297 g/mol. The Morgan fingerprint density at radius 2 is 1.95 bits per heavy atom. The van der Waals surface area contributed by atoms with Crippen LogP contribution >= 0.6 is 0 Å². The van der Waals surface area contributed by atoms with Gasteiger partial charge in [-0.1, -0.05) is 30.3 Å². The summed E-state index contributed by atoms with van der Waals surface area (Å²) in [4.78, 5) is 12.2. The molecule has 0 radical (unpaired) electrons. The zero-order valence-electron chi connectivity index (χ0n) is 11.6. The van der Waals surface area contributed by atoms with Crippen LogP contribution in [0.1, 0.15) is 18.4 Å². The van der Waals surface area contributed by atoms with E-state index in [9.17, 15) is 13.2 Å². The third-order valence-electron chi connectivity index (χ3n) is 3.87. The van der Waals surface area contributed by atoms with Crippen molar-refractivity contribution in [1.29, 1.82) is 0 Å². The van der Waals surface area contributed by atoms with Gasteiger partial charge in [0.1, 0.15) is 5.41 Å². The Hall–Kier alpha value is -1.40. The lowest BCUT2D eigenvalue weighted by Crippen LogP contribution is -2.33. The van der Waals surface area contributed by atoms with E-state index in [0.717, 1.165) is 11.8 Å². The normalized spacial score (nSPS) is 28.9. The molecule has 6 heteroatoms. The third-order valence-corrected chi connectivity index (χ3v) is 5.48. The zero-order valence-corrected chi connectivity index (χ0v) is 12.4. The summed E-state index contributed by atoms with van der Waals surface area (Å²) < 4.78 is 29.0. The van der Waals surface area contributed by atoms with Crippen molar-refractivity contribution in [3.8, 4) is 0 Å². The maximum Gasteiger partial charge on any atom is 0.315 e. The van der Waals surface area contributed by atoms with E-state index in [2.05, 4.69) is 0 Å². The van der Waals surface area contributed by atoms with Gasteiger partial charge in [0.2, 0.25) is 0 Å². The van der Waals surface area contributed by atoms with Gasteiger partial charge in [0, 0.05) is 18.7 Å². The van der Waals surface area contributed by atoms with Crippen LogP contribution < -0.4 is 5.73 Å². The molecule has 110 valence electrons. The zero-order chi connectivity index (χ0) is 15.0. The minimum atomic E-state index is -3.39. The largest absolute Gasteiger partial charge is 0.465 e. The van der Waals surface area contributed by atoms with Crippen molar-refractivity contribution in [2.24, 2.45) is 11.1 Å². The number of benzene rings is 1. The van der Waals surface area contributed by atoms with E-state index in [-0.39, 0.29) is 13.2 Å². The standard InChI is InChI=1S/C14H19NO4S/c1-3-19-13(16)14(9-15)11(12(14)20(2,17)18)10-7-5-4-6-8-10/h4-8,11-12H,3,9,15H2,1-2H3/t11-,12-,14+/m0/s1. The number of esters is 1. The SMILES string of the molecule is CCOC(=O)[C@]1(CN)[C@@H](c2ccccc2)[C@@H]1S(C)(=O)=O. The summed E-state index contributed by atoms with van der Waals surface area (Å²) in [5.74, 6) is -0.950. The summed E-state index contributed by atoms with van der Waals surface area (Å²) in [7, 11) is -3.39. The van der Waals surface area contributed by atoms with E-state index in [4.69, 9.17) is 10.5 Å². The fourth-order valence-electron chi connectivity index (χ4n) is 3.00.